The largest absolute Gasteiger partial charge is 0.451 e. The molecular weight excluding hydrogens is 392 g/mol. The molecule has 0 bridgehead atoms. The molecule has 0 fully saturated rings. The van der Waals surface area contributed by atoms with E-state index in [1.165, 1.54) is 0 Å². The fourth-order valence-electron chi connectivity index (χ4n) is 2.91. The minimum atomic E-state index is -0.178. The number of fused-ring (bicyclic) bond motifs is 1. The zero-order valence-corrected chi connectivity index (χ0v) is 17.1. The fourth-order valence-corrected chi connectivity index (χ4v) is 4.79. The fraction of sp³-hybridized carbons (Fsp3) is 0.250. The molecule has 0 saturated heterocycles. The van der Waals surface area contributed by atoms with Gasteiger partial charge in [0.05, 0.1) is 0 Å². The number of aryl methyl sites for hydroxylation is 2. The van der Waals surface area contributed by atoms with Crippen LogP contribution in [0.15, 0.2) is 56.9 Å². The van der Waals surface area contributed by atoms with E-state index in [2.05, 4.69) is 15.4 Å². The minimum absolute atomic E-state index is 0.178. The number of benzene rings is 1. The van der Waals surface area contributed by atoms with Gasteiger partial charge in [0.2, 0.25) is 0 Å². The Morgan fingerprint density at radius 3 is 3.00 bits per heavy atom. The molecule has 3 heterocycles. The maximum atomic E-state index is 12.8. The molecule has 8 heteroatoms. The van der Waals surface area contributed by atoms with Gasteiger partial charge in [-0.3, -0.25) is 9.48 Å². The Balaban J connectivity index is 1.46. The van der Waals surface area contributed by atoms with Crippen LogP contribution in [0.25, 0.3) is 11.0 Å². The maximum absolute atomic E-state index is 12.8. The highest BCUT2D eigenvalue weighted by Gasteiger charge is 2.20. The summed E-state index contributed by atoms with van der Waals surface area (Å²) in [6.07, 6.45) is 4.47. The van der Waals surface area contributed by atoms with Crippen molar-refractivity contribution in [2.45, 2.75) is 30.0 Å². The first-order chi connectivity index (χ1) is 13.7. The molecule has 0 spiro atoms. The van der Waals surface area contributed by atoms with Gasteiger partial charge in [0.25, 0.3) is 5.91 Å². The van der Waals surface area contributed by atoms with E-state index < -0.39 is 0 Å². The van der Waals surface area contributed by atoms with Crippen LogP contribution in [0.3, 0.4) is 0 Å². The SMILES string of the molecule is Cc1csc(SCc2c(C(=O)NCCCn3cccn3)oc3ccccc23)n1. The van der Waals surface area contributed by atoms with Gasteiger partial charge in [-0.25, -0.2) is 4.98 Å². The molecule has 0 saturated carbocycles. The Bertz CT molecular complexity index is 1070. The predicted octanol–water partition coefficient (Wildman–Crippen LogP) is 4.51. The van der Waals surface area contributed by atoms with E-state index in [9.17, 15) is 4.79 Å². The minimum Gasteiger partial charge on any atom is -0.451 e. The van der Waals surface area contributed by atoms with Crippen molar-refractivity contribution in [2.75, 3.05) is 6.54 Å². The number of aromatic nitrogens is 3. The van der Waals surface area contributed by atoms with Crippen LogP contribution >= 0.6 is 23.1 Å². The molecule has 0 unspecified atom stereocenters. The van der Waals surface area contributed by atoms with Gasteiger partial charge in [0.15, 0.2) is 5.76 Å². The molecular formula is C20H20N4O2S2. The number of hydrogen-bond acceptors (Lipinski definition) is 6. The molecule has 0 atom stereocenters. The highest BCUT2D eigenvalue weighted by molar-refractivity contribution is 8.00. The summed E-state index contributed by atoms with van der Waals surface area (Å²) in [6, 6.07) is 9.66. The molecule has 1 N–H and O–H groups in total. The average Bonchev–Trinajstić information content (AvgIpc) is 3.43. The van der Waals surface area contributed by atoms with Crippen molar-refractivity contribution in [1.29, 1.82) is 0 Å². The van der Waals surface area contributed by atoms with Crippen molar-refractivity contribution in [3.05, 3.63) is 65.1 Å². The maximum Gasteiger partial charge on any atom is 0.287 e. The topological polar surface area (TPSA) is 73.0 Å². The third-order valence-electron chi connectivity index (χ3n) is 4.25. The van der Waals surface area contributed by atoms with Gasteiger partial charge in [-0.1, -0.05) is 30.0 Å². The number of rotatable bonds is 8. The predicted molar refractivity (Wildman–Crippen MR) is 112 cm³/mol. The molecule has 0 radical (unpaired) electrons. The molecule has 1 amide bonds. The number of thioether (sulfide) groups is 1. The Labute approximate surface area is 171 Å². The van der Waals surface area contributed by atoms with Crippen LogP contribution in [0.2, 0.25) is 0 Å². The Morgan fingerprint density at radius 1 is 1.32 bits per heavy atom. The second-order valence-electron chi connectivity index (χ2n) is 6.33. The first-order valence-corrected chi connectivity index (χ1v) is 10.9. The van der Waals surface area contributed by atoms with Crippen molar-refractivity contribution < 1.29 is 9.21 Å². The lowest BCUT2D eigenvalue weighted by atomic mass is 10.1. The first kappa shape index (κ1) is 18.8. The lowest BCUT2D eigenvalue weighted by Crippen LogP contribution is -2.25. The summed E-state index contributed by atoms with van der Waals surface area (Å²) in [4.78, 5) is 17.3. The van der Waals surface area contributed by atoms with E-state index in [0.29, 0.717) is 18.1 Å². The summed E-state index contributed by atoms with van der Waals surface area (Å²) >= 11 is 3.25. The van der Waals surface area contributed by atoms with Gasteiger partial charge in [0, 0.05) is 53.3 Å². The van der Waals surface area contributed by atoms with Crippen LogP contribution in [0.5, 0.6) is 0 Å². The molecule has 4 aromatic rings. The second-order valence-corrected chi connectivity index (χ2v) is 8.41. The van der Waals surface area contributed by atoms with Crippen molar-refractivity contribution in [2.24, 2.45) is 0 Å². The number of hydrogen-bond donors (Lipinski definition) is 1. The summed E-state index contributed by atoms with van der Waals surface area (Å²) in [6.45, 7) is 3.31. The Morgan fingerprint density at radius 2 is 2.21 bits per heavy atom. The van der Waals surface area contributed by atoms with Crippen LogP contribution in [-0.4, -0.2) is 27.2 Å². The Hall–Kier alpha value is -2.58. The molecule has 28 heavy (non-hydrogen) atoms. The molecule has 0 aliphatic carbocycles. The van der Waals surface area contributed by atoms with E-state index in [1.54, 1.807) is 29.3 Å². The van der Waals surface area contributed by atoms with Crippen LogP contribution in [-0.2, 0) is 12.3 Å². The number of carbonyl (C=O) groups excluding carboxylic acids is 1. The number of nitrogens with zero attached hydrogens (tertiary/aromatic N) is 3. The molecule has 1 aromatic carbocycles. The second kappa shape index (κ2) is 8.62. The molecule has 4 rings (SSSR count). The van der Waals surface area contributed by atoms with Gasteiger partial charge in [-0.15, -0.1) is 11.3 Å². The number of thiazole rings is 1. The summed E-state index contributed by atoms with van der Waals surface area (Å²) in [5.74, 6) is 0.851. The van der Waals surface area contributed by atoms with E-state index in [1.807, 2.05) is 53.5 Å². The third-order valence-corrected chi connectivity index (χ3v) is 6.42. The molecule has 6 nitrogen and oxygen atoms in total. The monoisotopic (exact) mass is 412 g/mol. The van der Waals surface area contributed by atoms with E-state index in [-0.39, 0.29) is 5.91 Å². The van der Waals surface area contributed by atoms with Crippen LogP contribution in [0.4, 0.5) is 0 Å². The molecule has 3 aromatic heterocycles. The summed E-state index contributed by atoms with van der Waals surface area (Å²) in [7, 11) is 0. The third kappa shape index (κ3) is 4.28. The summed E-state index contributed by atoms with van der Waals surface area (Å²) in [5.41, 5.74) is 2.66. The van der Waals surface area contributed by atoms with Crippen molar-refractivity contribution in [3.8, 4) is 0 Å². The lowest BCUT2D eigenvalue weighted by molar-refractivity contribution is 0.0926. The summed E-state index contributed by atoms with van der Waals surface area (Å²) < 4.78 is 8.74. The first-order valence-electron chi connectivity index (χ1n) is 9.01. The zero-order chi connectivity index (χ0) is 19.3. The van der Waals surface area contributed by atoms with Crippen molar-refractivity contribution >= 4 is 40.0 Å². The smallest absolute Gasteiger partial charge is 0.287 e. The van der Waals surface area contributed by atoms with Crippen LogP contribution in [0, 0.1) is 6.92 Å². The van der Waals surface area contributed by atoms with Gasteiger partial charge in [0.1, 0.15) is 9.92 Å². The number of carbonyl (C=O) groups is 1. The lowest BCUT2D eigenvalue weighted by Gasteiger charge is -2.05. The highest BCUT2D eigenvalue weighted by atomic mass is 32.2. The van der Waals surface area contributed by atoms with E-state index >= 15 is 0 Å². The molecule has 0 aliphatic heterocycles. The average molecular weight is 413 g/mol. The van der Waals surface area contributed by atoms with E-state index in [4.69, 9.17) is 4.42 Å². The van der Waals surface area contributed by atoms with Crippen molar-refractivity contribution in [1.82, 2.24) is 20.1 Å². The summed E-state index contributed by atoms with van der Waals surface area (Å²) in [5, 5.41) is 10.1. The standard InChI is InChI=1S/C20H20N4O2S2/c1-14-12-27-20(23-14)28-13-16-15-6-2-3-7-17(15)26-18(16)19(25)21-8-4-10-24-11-5-9-22-24/h2-3,5-7,9,11-12H,4,8,10,13H2,1H3,(H,21,25). The van der Waals surface area contributed by atoms with E-state index in [0.717, 1.165) is 39.5 Å². The molecule has 144 valence electrons. The van der Waals surface area contributed by atoms with Crippen molar-refractivity contribution in [3.63, 3.8) is 0 Å². The van der Waals surface area contributed by atoms with Gasteiger partial charge in [-0.2, -0.15) is 5.10 Å². The Kier molecular flexibility index (Phi) is 5.78. The number of para-hydroxylation sites is 1. The van der Waals surface area contributed by atoms with Gasteiger partial charge < -0.3 is 9.73 Å². The highest BCUT2D eigenvalue weighted by Crippen LogP contribution is 2.33. The number of furan rings is 1. The molecule has 0 aliphatic rings. The van der Waals surface area contributed by atoms with Crippen LogP contribution in [0.1, 0.15) is 28.2 Å². The van der Waals surface area contributed by atoms with Gasteiger partial charge in [-0.05, 0) is 25.5 Å². The zero-order valence-electron chi connectivity index (χ0n) is 15.4. The quantitative estimate of drug-likeness (QED) is 0.341. The van der Waals surface area contributed by atoms with Crippen LogP contribution < -0.4 is 5.32 Å². The number of amides is 1. The number of nitrogens with one attached hydrogen (secondary N) is 1. The normalized spacial score (nSPS) is 11.2. The van der Waals surface area contributed by atoms with Gasteiger partial charge >= 0.3 is 0 Å².